The molecule has 1 aliphatic heterocycles. The number of nitrogens with one attached hydrogen (secondary N) is 1. The maximum absolute atomic E-state index is 5.91. The van der Waals surface area contributed by atoms with E-state index in [0.29, 0.717) is 0 Å². The number of benzene rings is 1. The Morgan fingerprint density at radius 1 is 1.19 bits per heavy atom. The molecule has 0 saturated heterocycles. The molecule has 21 heavy (non-hydrogen) atoms. The van der Waals surface area contributed by atoms with Crippen LogP contribution in [0.1, 0.15) is 49.4 Å². The van der Waals surface area contributed by atoms with Crippen molar-refractivity contribution < 1.29 is 0 Å². The third-order valence-corrected chi connectivity index (χ3v) is 4.30. The van der Waals surface area contributed by atoms with Crippen LogP contribution in [0.5, 0.6) is 0 Å². The molecule has 0 spiro atoms. The van der Waals surface area contributed by atoms with E-state index in [0.717, 1.165) is 36.2 Å². The molecule has 1 aromatic carbocycles. The summed E-state index contributed by atoms with van der Waals surface area (Å²) in [4.78, 5) is 0. The average Bonchev–Trinajstić information content (AvgIpc) is 2.75. The first kappa shape index (κ1) is 14.5. The first-order valence-corrected chi connectivity index (χ1v) is 8.01. The predicted molar refractivity (Wildman–Crippen MR) is 84.3 cm³/mol. The van der Waals surface area contributed by atoms with Crippen molar-refractivity contribution in [1.82, 2.24) is 20.1 Å². The molecule has 2 aromatic rings. The van der Waals surface area contributed by atoms with E-state index in [9.17, 15) is 0 Å². The van der Waals surface area contributed by atoms with Crippen molar-refractivity contribution in [2.75, 3.05) is 0 Å². The summed E-state index contributed by atoms with van der Waals surface area (Å²) in [6.07, 6.45) is 4.79. The van der Waals surface area contributed by atoms with Crippen LogP contribution in [-0.2, 0) is 19.5 Å². The van der Waals surface area contributed by atoms with E-state index in [1.165, 1.54) is 24.8 Å². The number of nitrogens with zero attached hydrogens (tertiary/aromatic N) is 3. The van der Waals surface area contributed by atoms with Crippen molar-refractivity contribution in [3.63, 3.8) is 0 Å². The molecule has 5 heteroatoms. The van der Waals surface area contributed by atoms with Gasteiger partial charge < -0.3 is 9.88 Å². The second-order valence-electron chi connectivity index (χ2n) is 5.67. The van der Waals surface area contributed by atoms with Crippen LogP contribution in [0.15, 0.2) is 24.3 Å². The lowest BCUT2D eigenvalue weighted by molar-refractivity contribution is 0.502. The van der Waals surface area contributed by atoms with Crippen molar-refractivity contribution >= 4 is 11.6 Å². The van der Waals surface area contributed by atoms with E-state index in [1.807, 2.05) is 24.3 Å². The molecule has 0 radical (unpaired) electrons. The third kappa shape index (κ3) is 3.44. The van der Waals surface area contributed by atoms with Crippen molar-refractivity contribution in [1.29, 1.82) is 0 Å². The molecule has 4 nitrogen and oxygen atoms in total. The minimum atomic E-state index is 0.194. The number of hydrogen-bond donors (Lipinski definition) is 1. The molecule has 2 heterocycles. The highest BCUT2D eigenvalue weighted by atomic mass is 35.5. The lowest BCUT2D eigenvalue weighted by Crippen LogP contribution is -2.22. The zero-order valence-electron chi connectivity index (χ0n) is 12.3. The minimum absolute atomic E-state index is 0.194. The SMILES string of the molecule is CC(NCc1ccc(Cl)cc1)c1nnc2n1CCCCC2. The van der Waals surface area contributed by atoms with E-state index in [2.05, 4.69) is 27.0 Å². The molecule has 1 aliphatic rings. The molecular formula is C16H21ClN4. The van der Waals surface area contributed by atoms with Gasteiger partial charge in [-0.3, -0.25) is 0 Å². The van der Waals surface area contributed by atoms with Crippen LogP contribution in [0, 0.1) is 0 Å². The van der Waals surface area contributed by atoms with Crippen LogP contribution in [0.2, 0.25) is 5.02 Å². The number of halogens is 1. The van der Waals surface area contributed by atoms with Gasteiger partial charge in [-0.25, -0.2) is 0 Å². The number of hydrogen-bond acceptors (Lipinski definition) is 3. The van der Waals surface area contributed by atoms with Crippen LogP contribution >= 0.6 is 11.6 Å². The Bertz CT molecular complexity index is 591. The largest absolute Gasteiger partial charge is 0.314 e. The summed E-state index contributed by atoms with van der Waals surface area (Å²) >= 11 is 5.91. The summed E-state index contributed by atoms with van der Waals surface area (Å²) in [5.74, 6) is 2.20. The van der Waals surface area contributed by atoms with Crippen LogP contribution in [0.4, 0.5) is 0 Å². The summed E-state index contributed by atoms with van der Waals surface area (Å²) in [6, 6.07) is 8.14. The summed E-state index contributed by atoms with van der Waals surface area (Å²) in [5, 5.41) is 13.1. The molecule has 0 fully saturated rings. The molecule has 1 N–H and O–H groups in total. The van der Waals surface area contributed by atoms with E-state index in [1.54, 1.807) is 0 Å². The Hall–Kier alpha value is -1.39. The topological polar surface area (TPSA) is 42.7 Å². The highest BCUT2D eigenvalue weighted by molar-refractivity contribution is 6.30. The molecule has 1 atom stereocenters. The Kier molecular flexibility index (Phi) is 4.56. The summed E-state index contributed by atoms with van der Waals surface area (Å²) in [7, 11) is 0. The fourth-order valence-electron chi connectivity index (χ4n) is 2.79. The zero-order valence-corrected chi connectivity index (χ0v) is 13.1. The first-order valence-electron chi connectivity index (χ1n) is 7.64. The fraction of sp³-hybridized carbons (Fsp3) is 0.500. The van der Waals surface area contributed by atoms with Crippen molar-refractivity contribution in [2.45, 2.75) is 51.7 Å². The number of aryl methyl sites for hydroxylation is 1. The second-order valence-corrected chi connectivity index (χ2v) is 6.10. The van der Waals surface area contributed by atoms with Gasteiger partial charge in [0.2, 0.25) is 0 Å². The summed E-state index contributed by atoms with van der Waals surface area (Å²) in [5.41, 5.74) is 1.22. The molecule has 1 unspecified atom stereocenters. The molecule has 3 rings (SSSR count). The number of rotatable bonds is 4. The highest BCUT2D eigenvalue weighted by Gasteiger charge is 2.18. The fourth-order valence-corrected chi connectivity index (χ4v) is 2.92. The van der Waals surface area contributed by atoms with Gasteiger partial charge in [0, 0.05) is 24.5 Å². The third-order valence-electron chi connectivity index (χ3n) is 4.05. The summed E-state index contributed by atoms with van der Waals surface area (Å²) in [6.45, 7) is 4.00. The second kappa shape index (κ2) is 6.58. The first-order chi connectivity index (χ1) is 10.2. The Balaban J connectivity index is 1.66. The van der Waals surface area contributed by atoms with Gasteiger partial charge in [0.1, 0.15) is 11.6 Å². The van der Waals surface area contributed by atoms with Gasteiger partial charge in [0.05, 0.1) is 6.04 Å². The number of aromatic nitrogens is 3. The molecule has 0 amide bonds. The van der Waals surface area contributed by atoms with Crippen LogP contribution in [0.25, 0.3) is 0 Å². The van der Waals surface area contributed by atoms with Gasteiger partial charge in [-0.05, 0) is 37.5 Å². The van der Waals surface area contributed by atoms with Crippen LogP contribution in [-0.4, -0.2) is 14.8 Å². The van der Waals surface area contributed by atoms with E-state index in [-0.39, 0.29) is 6.04 Å². The number of fused-ring (bicyclic) bond motifs is 1. The molecule has 0 bridgehead atoms. The van der Waals surface area contributed by atoms with Crippen molar-refractivity contribution in [2.24, 2.45) is 0 Å². The van der Waals surface area contributed by atoms with Gasteiger partial charge in [0.15, 0.2) is 0 Å². The van der Waals surface area contributed by atoms with Gasteiger partial charge in [-0.1, -0.05) is 30.2 Å². The molecule has 112 valence electrons. The van der Waals surface area contributed by atoms with Gasteiger partial charge in [0.25, 0.3) is 0 Å². The smallest absolute Gasteiger partial charge is 0.149 e. The Labute approximate surface area is 130 Å². The van der Waals surface area contributed by atoms with E-state index in [4.69, 9.17) is 11.6 Å². The maximum atomic E-state index is 5.91. The van der Waals surface area contributed by atoms with Crippen LogP contribution < -0.4 is 5.32 Å². The van der Waals surface area contributed by atoms with Crippen molar-refractivity contribution in [3.8, 4) is 0 Å². The Morgan fingerprint density at radius 2 is 2.00 bits per heavy atom. The molecule has 0 aliphatic carbocycles. The highest BCUT2D eigenvalue weighted by Crippen LogP contribution is 2.19. The van der Waals surface area contributed by atoms with Gasteiger partial charge in [-0.2, -0.15) is 0 Å². The monoisotopic (exact) mass is 304 g/mol. The zero-order chi connectivity index (χ0) is 14.7. The minimum Gasteiger partial charge on any atom is -0.314 e. The van der Waals surface area contributed by atoms with Gasteiger partial charge >= 0.3 is 0 Å². The Morgan fingerprint density at radius 3 is 2.81 bits per heavy atom. The standard InChI is InChI=1S/C16H21ClN4/c1-12(18-11-13-6-8-14(17)9-7-13)16-20-19-15-5-3-2-4-10-21(15)16/h6-9,12,18H,2-5,10-11H2,1H3. The van der Waals surface area contributed by atoms with E-state index < -0.39 is 0 Å². The quantitative estimate of drug-likeness (QED) is 0.940. The summed E-state index contributed by atoms with van der Waals surface area (Å²) < 4.78 is 2.30. The van der Waals surface area contributed by atoms with Crippen LogP contribution in [0.3, 0.4) is 0 Å². The molecule has 1 aromatic heterocycles. The maximum Gasteiger partial charge on any atom is 0.149 e. The molecular weight excluding hydrogens is 284 g/mol. The normalized spacial score (nSPS) is 16.3. The predicted octanol–water partition coefficient (Wildman–Crippen LogP) is 3.51. The lowest BCUT2D eigenvalue weighted by Gasteiger charge is -2.15. The van der Waals surface area contributed by atoms with E-state index >= 15 is 0 Å². The molecule has 0 saturated carbocycles. The van der Waals surface area contributed by atoms with Gasteiger partial charge in [-0.15, -0.1) is 10.2 Å². The van der Waals surface area contributed by atoms with Crippen molar-refractivity contribution in [3.05, 3.63) is 46.5 Å². The lowest BCUT2D eigenvalue weighted by atomic mass is 10.2. The average molecular weight is 305 g/mol.